The number of amides is 1. The molecule has 1 heterocycles. The monoisotopic (exact) mass is 465 g/mol. The van der Waals surface area contributed by atoms with Gasteiger partial charge in [0.05, 0.1) is 23.5 Å². The fourth-order valence-electron chi connectivity index (χ4n) is 3.83. The number of carboxylic acid groups (broad SMARTS) is 1. The van der Waals surface area contributed by atoms with E-state index >= 15 is 0 Å². The number of rotatable bonds is 5. The normalized spacial score (nSPS) is 13.2. The molecule has 1 unspecified atom stereocenters. The SMILES string of the molecule is CC(O)c1c(CN(C(=O)O)C(C)(C)C)cc(-c2ccc(OC(F)(F)F)cc2)c2ncn(C)c12. The van der Waals surface area contributed by atoms with Crippen molar-refractivity contribution >= 4 is 17.1 Å². The molecule has 3 aromatic rings. The van der Waals surface area contributed by atoms with Crippen molar-refractivity contribution in [2.75, 3.05) is 0 Å². The van der Waals surface area contributed by atoms with Crippen molar-refractivity contribution in [1.29, 1.82) is 0 Å². The van der Waals surface area contributed by atoms with E-state index in [9.17, 15) is 28.2 Å². The van der Waals surface area contributed by atoms with E-state index in [4.69, 9.17) is 0 Å². The van der Waals surface area contributed by atoms with Crippen molar-refractivity contribution in [3.63, 3.8) is 0 Å². The third-order valence-electron chi connectivity index (χ3n) is 5.30. The lowest BCUT2D eigenvalue weighted by Gasteiger charge is -2.34. The number of aliphatic hydroxyl groups excluding tert-OH is 1. The molecule has 0 aliphatic rings. The van der Waals surface area contributed by atoms with E-state index in [1.807, 2.05) is 0 Å². The molecule has 0 saturated heterocycles. The summed E-state index contributed by atoms with van der Waals surface area (Å²) < 4.78 is 43.2. The van der Waals surface area contributed by atoms with Gasteiger partial charge in [0.15, 0.2) is 0 Å². The summed E-state index contributed by atoms with van der Waals surface area (Å²) in [7, 11) is 1.76. The molecule has 2 N–H and O–H groups in total. The van der Waals surface area contributed by atoms with Gasteiger partial charge in [-0.2, -0.15) is 0 Å². The van der Waals surface area contributed by atoms with Crippen molar-refractivity contribution in [2.24, 2.45) is 7.05 Å². The minimum absolute atomic E-state index is 0.00244. The summed E-state index contributed by atoms with van der Waals surface area (Å²) in [4.78, 5) is 17.7. The Balaban J connectivity index is 2.21. The summed E-state index contributed by atoms with van der Waals surface area (Å²) in [5, 5.41) is 20.4. The number of ether oxygens (including phenoxy) is 1. The molecular weight excluding hydrogens is 439 g/mol. The van der Waals surface area contributed by atoms with E-state index in [2.05, 4.69) is 9.72 Å². The molecule has 10 heteroatoms. The van der Waals surface area contributed by atoms with Gasteiger partial charge < -0.3 is 19.5 Å². The minimum atomic E-state index is -4.80. The molecule has 7 nitrogen and oxygen atoms in total. The van der Waals surface area contributed by atoms with Crippen molar-refractivity contribution in [3.8, 4) is 16.9 Å². The van der Waals surface area contributed by atoms with Gasteiger partial charge in [0, 0.05) is 30.3 Å². The van der Waals surface area contributed by atoms with Gasteiger partial charge in [-0.15, -0.1) is 13.2 Å². The third kappa shape index (κ3) is 5.22. The second kappa shape index (κ2) is 8.58. The standard InChI is InChI=1S/C23H26F3N3O4/c1-13(30)18-15(11-29(21(31)32)22(2,3)4)10-17(19-20(18)28(5)12-27-19)14-6-8-16(9-7-14)33-23(24,25)26/h6-10,12-13,30H,11H2,1-5H3,(H,31,32). The smallest absolute Gasteiger partial charge is 0.465 e. The maximum absolute atomic E-state index is 12.5. The van der Waals surface area contributed by atoms with E-state index < -0.39 is 24.1 Å². The lowest BCUT2D eigenvalue weighted by molar-refractivity contribution is -0.274. The van der Waals surface area contributed by atoms with Crippen LogP contribution < -0.4 is 4.74 Å². The molecule has 0 fully saturated rings. The molecule has 1 aromatic heterocycles. The first kappa shape index (κ1) is 24.4. The van der Waals surface area contributed by atoms with E-state index in [-0.39, 0.29) is 12.3 Å². The Hall–Kier alpha value is -3.27. The molecule has 0 spiro atoms. The Morgan fingerprint density at radius 1 is 1.21 bits per heavy atom. The first-order valence-corrected chi connectivity index (χ1v) is 10.2. The molecular formula is C23H26F3N3O4. The Kier molecular flexibility index (Phi) is 6.34. The number of aromatic nitrogens is 2. The second-order valence-corrected chi connectivity index (χ2v) is 8.84. The highest BCUT2D eigenvalue weighted by Gasteiger charge is 2.31. The van der Waals surface area contributed by atoms with Crippen LogP contribution in [0.1, 0.15) is 44.9 Å². The number of aliphatic hydroxyl groups is 1. The largest absolute Gasteiger partial charge is 0.573 e. The van der Waals surface area contributed by atoms with Gasteiger partial charge in [-0.3, -0.25) is 4.90 Å². The molecule has 33 heavy (non-hydrogen) atoms. The quantitative estimate of drug-likeness (QED) is 0.522. The topological polar surface area (TPSA) is 87.8 Å². The predicted molar refractivity (Wildman–Crippen MR) is 117 cm³/mol. The number of fused-ring (bicyclic) bond motifs is 1. The van der Waals surface area contributed by atoms with E-state index in [1.165, 1.54) is 29.2 Å². The van der Waals surface area contributed by atoms with Crippen LogP contribution >= 0.6 is 0 Å². The molecule has 178 valence electrons. The lowest BCUT2D eigenvalue weighted by Crippen LogP contribution is -2.44. The van der Waals surface area contributed by atoms with Crippen LogP contribution in [0.15, 0.2) is 36.7 Å². The van der Waals surface area contributed by atoms with Crippen LogP contribution in [0, 0.1) is 0 Å². The van der Waals surface area contributed by atoms with E-state index in [0.717, 1.165) is 0 Å². The van der Waals surface area contributed by atoms with Crippen LogP contribution in [0.4, 0.5) is 18.0 Å². The summed E-state index contributed by atoms with van der Waals surface area (Å²) in [5.74, 6) is -0.353. The van der Waals surface area contributed by atoms with Gasteiger partial charge in [0.25, 0.3) is 0 Å². The van der Waals surface area contributed by atoms with Gasteiger partial charge >= 0.3 is 12.5 Å². The molecule has 0 aliphatic heterocycles. The van der Waals surface area contributed by atoms with Gasteiger partial charge in [-0.05, 0) is 57.0 Å². The third-order valence-corrected chi connectivity index (χ3v) is 5.30. The number of carbonyl (C=O) groups is 1. The molecule has 0 saturated carbocycles. The zero-order chi connectivity index (χ0) is 24.7. The zero-order valence-electron chi connectivity index (χ0n) is 18.9. The second-order valence-electron chi connectivity index (χ2n) is 8.84. The number of benzene rings is 2. The maximum atomic E-state index is 12.5. The Morgan fingerprint density at radius 3 is 2.30 bits per heavy atom. The molecule has 0 bridgehead atoms. The van der Waals surface area contributed by atoms with Crippen LogP contribution in [0.5, 0.6) is 5.75 Å². The molecule has 2 aromatic carbocycles. The van der Waals surface area contributed by atoms with Crippen molar-refractivity contribution in [3.05, 3.63) is 47.8 Å². The molecule has 3 rings (SSSR count). The van der Waals surface area contributed by atoms with Gasteiger partial charge in [0.1, 0.15) is 5.75 Å². The van der Waals surface area contributed by atoms with Crippen LogP contribution in [-0.4, -0.2) is 42.7 Å². The summed E-state index contributed by atoms with van der Waals surface area (Å²) in [6, 6.07) is 7.11. The average Bonchev–Trinajstić information content (AvgIpc) is 3.05. The number of hydrogen-bond donors (Lipinski definition) is 2. The van der Waals surface area contributed by atoms with Crippen LogP contribution in [0.25, 0.3) is 22.2 Å². The van der Waals surface area contributed by atoms with Gasteiger partial charge in [-0.25, -0.2) is 9.78 Å². The summed E-state index contributed by atoms with van der Waals surface area (Å²) in [6.45, 7) is 6.91. The summed E-state index contributed by atoms with van der Waals surface area (Å²) >= 11 is 0. The summed E-state index contributed by atoms with van der Waals surface area (Å²) in [5.41, 5.74) is 2.74. The highest BCUT2D eigenvalue weighted by atomic mass is 19.4. The number of halogens is 3. The number of alkyl halides is 3. The highest BCUT2D eigenvalue weighted by Crippen LogP contribution is 2.37. The van der Waals surface area contributed by atoms with Crippen LogP contribution in [0.3, 0.4) is 0 Å². The first-order chi connectivity index (χ1) is 15.2. The Bertz CT molecular complexity index is 1160. The van der Waals surface area contributed by atoms with Crippen molar-refractivity contribution in [1.82, 2.24) is 14.5 Å². The molecule has 0 aliphatic carbocycles. The molecule has 1 atom stereocenters. The minimum Gasteiger partial charge on any atom is -0.465 e. The maximum Gasteiger partial charge on any atom is 0.573 e. The summed E-state index contributed by atoms with van der Waals surface area (Å²) in [6.07, 6.45) is -5.25. The van der Waals surface area contributed by atoms with Crippen molar-refractivity contribution < 1.29 is 32.9 Å². The van der Waals surface area contributed by atoms with Gasteiger partial charge in [0.2, 0.25) is 0 Å². The lowest BCUT2D eigenvalue weighted by atomic mass is 9.93. The zero-order valence-corrected chi connectivity index (χ0v) is 18.9. The number of nitrogens with zero attached hydrogens (tertiary/aromatic N) is 3. The fraction of sp³-hybridized carbons (Fsp3) is 0.391. The molecule has 0 radical (unpaired) electrons. The van der Waals surface area contributed by atoms with E-state index in [1.54, 1.807) is 51.7 Å². The predicted octanol–water partition coefficient (Wildman–Crippen LogP) is 5.47. The average molecular weight is 465 g/mol. The molecule has 1 amide bonds. The first-order valence-electron chi connectivity index (χ1n) is 10.2. The highest BCUT2D eigenvalue weighted by molar-refractivity contribution is 5.95. The van der Waals surface area contributed by atoms with Gasteiger partial charge in [-0.1, -0.05) is 12.1 Å². The fourth-order valence-corrected chi connectivity index (χ4v) is 3.83. The Morgan fingerprint density at radius 2 is 1.82 bits per heavy atom. The van der Waals surface area contributed by atoms with Crippen LogP contribution in [0.2, 0.25) is 0 Å². The number of aryl methyl sites for hydroxylation is 1. The van der Waals surface area contributed by atoms with Crippen LogP contribution in [-0.2, 0) is 13.6 Å². The Labute approximate surface area is 189 Å². The number of hydrogen-bond acceptors (Lipinski definition) is 4. The van der Waals surface area contributed by atoms with E-state index in [0.29, 0.717) is 33.3 Å². The van der Waals surface area contributed by atoms with Crippen molar-refractivity contribution in [2.45, 2.75) is 52.2 Å². The number of imidazole rings is 1.